The lowest BCUT2D eigenvalue weighted by molar-refractivity contribution is 0.275. The molecular weight excluding hydrogens is 208 g/mol. The van der Waals surface area contributed by atoms with Crippen molar-refractivity contribution in [2.24, 2.45) is 5.92 Å². The summed E-state index contributed by atoms with van der Waals surface area (Å²) in [6.07, 6.45) is 11.5. The number of hydrogen-bond acceptors (Lipinski definition) is 2. The lowest BCUT2D eigenvalue weighted by atomic mass is 10.1. The molecule has 0 radical (unpaired) electrons. The predicted molar refractivity (Wildman–Crippen MR) is 74.3 cm³/mol. The van der Waals surface area contributed by atoms with Crippen LogP contribution in [0.25, 0.3) is 0 Å². The van der Waals surface area contributed by atoms with Crippen LogP contribution in [-0.4, -0.2) is 37.1 Å². The van der Waals surface area contributed by atoms with E-state index in [9.17, 15) is 0 Å². The van der Waals surface area contributed by atoms with E-state index in [1.165, 1.54) is 77.5 Å². The van der Waals surface area contributed by atoms with Crippen LogP contribution in [0.2, 0.25) is 0 Å². The highest BCUT2D eigenvalue weighted by Crippen LogP contribution is 2.17. The van der Waals surface area contributed by atoms with Crippen molar-refractivity contribution in [2.45, 2.75) is 64.3 Å². The maximum Gasteiger partial charge on any atom is 0.00671 e. The quantitative estimate of drug-likeness (QED) is 0.741. The maximum atomic E-state index is 3.81. The topological polar surface area (TPSA) is 15.3 Å². The molecule has 0 amide bonds. The Balaban J connectivity index is 1.59. The third kappa shape index (κ3) is 4.97. The molecule has 2 nitrogen and oxygen atoms in total. The van der Waals surface area contributed by atoms with Gasteiger partial charge in [0.25, 0.3) is 0 Å². The largest absolute Gasteiger partial charge is 0.314 e. The third-order valence-electron chi connectivity index (χ3n) is 4.38. The molecular formula is C15H30N2. The SMILES string of the molecule is CC(CNC1CCCCCC1)CN1CCCC1. The van der Waals surface area contributed by atoms with Crippen LogP contribution in [0.4, 0.5) is 0 Å². The summed E-state index contributed by atoms with van der Waals surface area (Å²) in [5.41, 5.74) is 0. The van der Waals surface area contributed by atoms with E-state index < -0.39 is 0 Å². The fourth-order valence-electron chi connectivity index (χ4n) is 3.32. The smallest absolute Gasteiger partial charge is 0.00671 e. The van der Waals surface area contributed by atoms with Crippen LogP contribution in [-0.2, 0) is 0 Å². The minimum Gasteiger partial charge on any atom is -0.314 e. The summed E-state index contributed by atoms with van der Waals surface area (Å²) in [6, 6.07) is 0.818. The van der Waals surface area contributed by atoms with Gasteiger partial charge in [0.2, 0.25) is 0 Å². The molecule has 100 valence electrons. The van der Waals surface area contributed by atoms with Crippen LogP contribution in [0, 0.1) is 5.92 Å². The zero-order valence-electron chi connectivity index (χ0n) is 11.6. The molecule has 0 spiro atoms. The Morgan fingerprint density at radius 3 is 2.29 bits per heavy atom. The van der Waals surface area contributed by atoms with Gasteiger partial charge in [-0.25, -0.2) is 0 Å². The van der Waals surface area contributed by atoms with Gasteiger partial charge in [-0.15, -0.1) is 0 Å². The summed E-state index contributed by atoms with van der Waals surface area (Å²) >= 11 is 0. The summed E-state index contributed by atoms with van der Waals surface area (Å²) in [7, 11) is 0. The number of rotatable bonds is 5. The predicted octanol–water partition coefficient (Wildman–Crippen LogP) is 3.03. The lowest BCUT2D eigenvalue weighted by Gasteiger charge is -2.23. The number of likely N-dealkylation sites (tertiary alicyclic amines) is 1. The van der Waals surface area contributed by atoms with E-state index in [0.29, 0.717) is 0 Å². The molecule has 1 atom stereocenters. The molecule has 2 rings (SSSR count). The minimum absolute atomic E-state index is 0.816. The molecule has 2 aliphatic rings. The van der Waals surface area contributed by atoms with E-state index >= 15 is 0 Å². The molecule has 17 heavy (non-hydrogen) atoms. The molecule has 0 aromatic rings. The van der Waals surface area contributed by atoms with Gasteiger partial charge < -0.3 is 10.2 Å². The van der Waals surface area contributed by atoms with Crippen molar-refractivity contribution in [3.8, 4) is 0 Å². The van der Waals surface area contributed by atoms with E-state index in [-0.39, 0.29) is 0 Å². The molecule has 1 aliphatic carbocycles. The monoisotopic (exact) mass is 238 g/mol. The first-order chi connectivity index (χ1) is 8.34. The Morgan fingerprint density at radius 2 is 1.65 bits per heavy atom. The van der Waals surface area contributed by atoms with Gasteiger partial charge in [-0.05, 0) is 51.2 Å². The van der Waals surface area contributed by atoms with Crippen molar-refractivity contribution in [1.29, 1.82) is 0 Å². The van der Waals surface area contributed by atoms with Crippen LogP contribution in [0.3, 0.4) is 0 Å². The average Bonchev–Trinajstić information content (AvgIpc) is 2.68. The average molecular weight is 238 g/mol. The first-order valence-electron chi connectivity index (χ1n) is 7.80. The normalized spacial score (nSPS) is 25.9. The standard InChI is InChI=1S/C15H30N2/c1-14(13-17-10-6-7-11-17)12-16-15-8-4-2-3-5-9-15/h14-16H,2-13H2,1H3. The molecule has 1 saturated heterocycles. The van der Waals surface area contributed by atoms with Crippen LogP contribution < -0.4 is 5.32 Å². The molecule has 0 aromatic carbocycles. The zero-order chi connectivity index (χ0) is 11.9. The maximum absolute atomic E-state index is 3.81. The minimum atomic E-state index is 0.816. The Hall–Kier alpha value is -0.0800. The van der Waals surface area contributed by atoms with Crippen molar-refractivity contribution in [2.75, 3.05) is 26.2 Å². The van der Waals surface area contributed by atoms with Crippen molar-refractivity contribution < 1.29 is 0 Å². The van der Waals surface area contributed by atoms with E-state index in [1.807, 2.05) is 0 Å². The first-order valence-corrected chi connectivity index (χ1v) is 7.80. The molecule has 2 fully saturated rings. The van der Waals surface area contributed by atoms with Crippen molar-refractivity contribution in [3.05, 3.63) is 0 Å². The number of nitrogens with zero attached hydrogens (tertiary/aromatic N) is 1. The van der Waals surface area contributed by atoms with Crippen LogP contribution in [0.1, 0.15) is 58.3 Å². The Kier molecular flexibility index (Phi) is 5.79. The van der Waals surface area contributed by atoms with E-state index in [4.69, 9.17) is 0 Å². The molecule has 0 bridgehead atoms. The highest BCUT2D eigenvalue weighted by atomic mass is 15.1. The van der Waals surface area contributed by atoms with Crippen molar-refractivity contribution in [3.63, 3.8) is 0 Å². The summed E-state index contributed by atoms with van der Waals surface area (Å²) in [4.78, 5) is 2.64. The van der Waals surface area contributed by atoms with E-state index in [1.54, 1.807) is 0 Å². The first kappa shape index (κ1) is 13.4. The Bertz CT molecular complexity index is 191. The van der Waals surface area contributed by atoms with Gasteiger partial charge in [-0.3, -0.25) is 0 Å². The summed E-state index contributed by atoms with van der Waals surface area (Å²) in [5.74, 6) is 0.816. The second-order valence-electron chi connectivity index (χ2n) is 6.21. The van der Waals surface area contributed by atoms with Gasteiger partial charge in [0.1, 0.15) is 0 Å². The molecule has 1 heterocycles. The number of hydrogen-bond donors (Lipinski definition) is 1. The van der Waals surface area contributed by atoms with Gasteiger partial charge in [0.15, 0.2) is 0 Å². The van der Waals surface area contributed by atoms with Crippen molar-refractivity contribution in [1.82, 2.24) is 10.2 Å². The summed E-state index contributed by atoms with van der Waals surface area (Å²) < 4.78 is 0. The molecule has 2 heteroatoms. The second kappa shape index (κ2) is 7.38. The van der Waals surface area contributed by atoms with Gasteiger partial charge in [-0.1, -0.05) is 32.6 Å². The van der Waals surface area contributed by atoms with Crippen LogP contribution >= 0.6 is 0 Å². The van der Waals surface area contributed by atoms with E-state index in [2.05, 4.69) is 17.1 Å². The van der Waals surface area contributed by atoms with Crippen LogP contribution in [0.5, 0.6) is 0 Å². The van der Waals surface area contributed by atoms with Gasteiger partial charge >= 0.3 is 0 Å². The fraction of sp³-hybridized carbons (Fsp3) is 1.00. The highest BCUT2D eigenvalue weighted by molar-refractivity contribution is 4.74. The van der Waals surface area contributed by atoms with Crippen molar-refractivity contribution >= 4 is 0 Å². The summed E-state index contributed by atoms with van der Waals surface area (Å²) in [6.45, 7) is 7.62. The molecule has 1 saturated carbocycles. The zero-order valence-corrected chi connectivity index (χ0v) is 11.6. The molecule has 1 unspecified atom stereocenters. The Morgan fingerprint density at radius 1 is 1.00 bits per heavy atom. The molecule has 1 N–H and O–H groups in total. The number of nitrogens with one attached hydrogen (secondary N) is 1. The lowest BCUT2D eigenvalue weighted by Crippen LogP contribution is -2.36. The summed E-state index contributed by atoms with van der Waals surface area (Å²) in [5, 5.41) is 3.81. The second-order valence-corrected chi connectivity index (χ2v) is 6.21. The van der Waals surface area contributed by atoms with Crippen LogP contribution in [0.15, 0.2) is 0 Å². The fourth-order valence-corrected chi connectivity index (χ4v) is 3.32. The highest BCUT2D eigenvalue weighted by Gasteiger charge is 2.16. The third-order valence-corrected chi connectivity index (χ3v) is 4.38. The van der Waals surface area contributed by atoms with E-state index in [0.717, 1.165) is 12.0 Å². The van der Waals surface area contributed by atoms with Gasteiger partial charge in [0, 0.05) is 12.6 Å². The molecule has 1 aliphatic heterocycles. The Labute approximate surface area is 107 Å². The molecule has 0 aromatic heterocycles. The van der Waals surface area contributed by atoms with Gasteiger partial charge in [-0.2, -0.15) is 0 Å². The van der Waals surface area contributed by atoms with Gasteiger partial charge in [0.05, 0.1) is 0 Å².